The first-order chi connectivity index (χ1) is 5.54. The molecule has 2 nitrogen and oxygen atoms in total. The van der Waals surface area contributed by atoms with Gasteiger partial charge >= 0.3 is 0 Å². The van der Waals surface area contributed by atoms with Crippen molar-refractivity contribution in [2.24, 2.45) is 5.92 Å². The maximum atomic E-state index is 5.36. The second-order valence-corrected chi connectivity index (χ2v) is 4.24. The first kappa shape index (κ1) is 9.78. The summed E-state index contributed by atoms with van der Waals surface area (Å²) in [7, 11) is 0. The third-order valence-electron chi connectivity index (χ3n) is 2.27. The van der Waals surface area contributed by atoms with Crippen LogP contribution in [0.1, 0.15) is 27.7 Å². The Morgan fingerprint density at radius 3 is 2.33 bits per heavy atom. The van der Waals surface area contributed by atoms with Crippen molar-refractivity contribution in [3.8, 4) is 0 Å². The summed E-state index contributed by atoms with van der Waals surface area (Å²) in [6.07, 6.45) is 0. The van der Waals surface area contributed by atoms with E-state index in [1.54, 1.807) is 0 Å². The monoisotopic (exact) mass is 187 g/mol. The largest absolute Gasteiger partial charge is 0.469 e. The van der Waals surface area contributed by atoms with Gasteiger partial charge in [0.1, 0.15) is 6.61 Å². The summed E-state index contributed by atoms with van der Waals surface area (Å²) in [5, 5.41) is 0.670. The smallest absolute Gasteiger partial charge is 0.259 e. The van der Waals surface area contributed by atoms with E-state index in [1.807, 2.05) is 0 Å². The molecule has 1 atom stereocenters. The number of hydrogen-bond donors (Lipinski definition) is 0. The molecule has 0 spiro atoms. The minimum absolute atomic E-state index is 0.451. The van der Waals surface area contributed by atoms with E-state index in [-0.39, 0.29) is 0 Å². The highest BCUT2D eigenvalue weighted by Crippen LogP contribution is 2.21. The minimum Gasteiger partial charge on any atom is -0.469 e. The average molecular weight is 187 g/mol. The zero-order valence-electron chi connectivity index (χ0n) is 8.20. The van der Waals surface area contributed by atoms with Crippen molar-refractivity contribution in [3.05, 3.63) is 0 Å². The molecule has 0 aromatic carbocycles. The lowest BCUT2D eigenvalue weighted by atomic mass is 10.0. The number of hydrogen-bond acceptors (Lipinski definition) is 2. The van der Waals surface area contributed by atoms with Crippen LogP contribution in [-0.4, -0.2) is 28.8 Å². The first-order valence-corrected chi connectivity index (χ1v) is 4.90. The van der Waals surface area contributed by atoms with Crippen LogP contribution < -0.4 is 0 Å². The van der Waals surface area contributed by atoms with Crippen molar-refractivity contribution in [1.82, 2.24) is 4.90 Å². The van der Waals surface area contributed by atoms with E-state index in [1.165, 1.54) is 0 Å². The number of nitrogens with zero attached hydrogens (tertiary/aromatic N) is 1. The van der Waals surface area contributed by atoms with Crippen molar-refractivity contribution < 1.29 is 4.74 Å². The normalized spacial score (nSPS) is 24.0. The van der Waals surface area contributed by atoms with Crippen LogP contribution >= 0.6 is 12.2 Å². The van der Waals surface area contributed by atoms with Gasteiger partial charge in [0, 0.05) is 6.04 Å². The Hall–Kier alpha value is -0.310. The molecule has 0 aromatic rings. The predicted molar refractivity (Wildman–Crippen MR) is 54.2 cm³/mol. The van der Waals surface area contributed by atoms with Gasteiger partial charge in [-0.15, -0.1) is 0 Å². The Morgan fingerprint density at radius 1 is 1.42 bits per heavy atom. The van der Waals surface area contributed by atoms with Crippen LogP contribution in [0.2, 0.25) is 0 Å². The molecule has 0 aromatic heterocycles. The van der Waals surface area contributed by atoms with Gasteiger partial charge in [-0.1, -0.05) is 13.8 Å². The molecule has 70 valence electrons. The Balaban J connectivity index is 2.70. The maximum Gasteiger partial charge on any atom is 0.259 e. The summed E-state index contributed by atoms with van der Waals surface area (Å²) in [5.74, 6) is 0.604. The molecule has 1 fully saturated rings. The van der Waals surface area contributed by atoms with E-state index >= 15 is 0 Å². The summed E-state index contributed by atoms with van der Waals surface area (Å²) in [6, 6.07) is 0.921. The summed E-state index contributed by atoms with van der Waals surface area (Å²) in [6.45, 7) is 9.47. The second kappa shape index (κ2) is 3.60. The van der Waals surface area contributed by atoms with Crippen LogP contribution in [0.5, 0.6) is 0 Å². The molecule has 1 aliphatic heterocycles. The van der Waals surface area contributed by atoms with Gasteiger partial charge in [-0.05, 0) is 32.0 Å². The average Bonchev–Trinajstić information content (AvgIpc) is 2.30. The fourth-order valence-corrected chi connectivity index (χ4v) is 1.97. The Labute approximate surface area is 79.9 Å². The van der Waals surface area contributed by atoms with Gasteiger partial charge in [0.15, 0.2) is 0 Å². The molecule has 3 heteroatoms. The highest BCUT2D eigenvalue weighted by Gasteiger charge is 2.33. The van der Waals surface area contributed by atoms with E-state index in [9.17, 15) is 0 Å². The SMILES string of the molecule is CC(C)C1COC(=S)N1C(C)C. The van der Waals surface area contributed by atoms with E-state index in [0.717, 1.165) is 6.61 Å². The van der Waals surface area contributed by atoms with Crippen LogP contribution in [0.15, 0.2) is 0 Å². The third kappa shape index (κ3) is 1.71. The fourth-order valence-electron chi connectivity index (χ4n) is 1.55. The maximum absolute atomic E-state index is 5.36. The predicted octanol–water partition coefficient (Wildman–Crippen LogP) is 2.04. The minimum atomic E-state index is 0.451. The molecule has 0 N–H and O–H groups in total. The van der Waals surface area contributed by atoms with Crippen molar-refractivity contribution in [1.29, 1.82) is 0 Å². The molecule has 1 saturated heterocycles. The van der Waals surface area contributed by atoms with E-state index in [0.29, 0.717) is 23.2 Å². The molecule has 0 radical (unpaired) electrons. The van der Waals surface area contributed by atoms with Crippen molar-refractivity contribution in [3.63, 3.8) is 0 Å². The van der Waals surface area contributed by atoms with Gasteiger partial charge in [-0.2, -0.15) is 0 Å². The van der Waals surface area contributed by atoms with Gasteiger partial charge in [0.2, 0.25) is 0 Å². The zero-order chi connectivity index (χ0) is 9.30. The molecular formula is C9H17NOS. The van der Waals surface area contributed by atoms with Crippen LogP contribution in [-0.2, 0) is 4.74 Å². The van der Waals surface area contributed by atoms with Gasteiger partial charge < -0.3 is 9.64 Å². The lowest BCUT2D eigenvalue weighted by molar-refractivity contribution is 0.228. The third-order valence-corrected chi connectivity index (χ3v) is 2.60. The molecule has 0 aliphatic carbocycles. The highest BCUT2D eigenvalue weighted by atomic mass is 32.1. The first-order valence-electron chi connectivity index (χ1n) is 4.49. The van der Waals surface area contributed by atoms with Gasteiger partial charge in [-0.25, -0.2) is 0 Å². The topological polar surface area (TPSA) is 12.5 Å². The molecule has 12 heavy (non-hydrogen) atoms. The molecule has 1 aliphatic rings. The van der Waals surface area contributed by atoms with Crippen LogP contribution in [0.3, 0.4) is 0 Å². The Bertz CT molecular complexity index is 179. The number of thiocarbonyl (C=S) groups is 1. The molecule has 0 amide bonds. The van der Waals surface area contributed by atoms with Crippen LogP contribution in [0.25, 0.3) is 0 Å². The lowest BCUT2D eigenvalue weighted by Gasteiger charge is -2.29. The highest BCUT2D eigenvalue weighted by molar-refractivity contribution is 7.80. The molecule has 1 unspecified atom stereocenters. The Morgan fingerprint density at radius 2 is 2.00 bits per heavy atom. The number of ether oxygens (including phenoxy) is 1. The van der Waals surface area contributed by atoms with Crippen LogP contribution in [0, 0.1) is 5.92 Å². The Kier molecular flexibility index (Phi) is 2.94. The van der Waals surface area contributed by atoms with E-state index in [2.05, 4.69) is 32.6 Å². The summed E-state index contributed by atoms with van der Waals surface area (Å²) in [4.78, 5) is 2.19. The van der Waals surface area contributed by atoms with Crippen LogP contribution in [0.4, 0.5) is 0 Å². The van der Waals surface area contributed by atoms with Gasteiger partial charge in [-0.3, -0.25) is 0 Å². The summed E-state index contributed by atoms with van der Waals surface area (Å²) in [5.41, 5.74) is 0. The zero-order valence-corrected chi connectivity index (χ0v) is 9.02. The quantitative estimate of drug-likeness (QED) is 0.614. The van der Waals surface area contributed by atoms with Crippen molar-refractivity contribution >= 4 is 17.4 Å². The lowest BCUT2D eigenvalue weighted by Crippen LogP contribution is -2.41. The van der Waals surface area contributed by atoms with Crippen molar-refractivity contribution in [2.75, 3.05) is 6.61 Å². The van der Waals surface area contributed by atoms with E-state index in [4.69, 9.17) is 17.0 Å². The van der Waals surface area contributed by atoms with E-state index < -0.39 is 0 Å². The molecular weight excluding hydrogens is 170 g/mol. The number of rotatable bonds is 2. The fraction of sp³-hybridized carbons (Fsp3) is 0.889. The molecule has 0 saturated carbocycles. The molecule has 0 bridgehead atoms. The second-order valence-electron chi connectivity index (χ2n) is 3.89. The summed E-state index contributed by atoms with van der Waals surface area (Å²) >= 11 is 5.12. The van der Waals surface area contributed by atoms with Gasteiger partial charge in [0.05, 0.1) is 6.04 Å². The molecule has 1 heterocycles. The standard InChI is InChI=1S/C9H17NOS/c1-6(2)8-5-11-9(12)10(8)7(3)4/h6-8H,5H2,1-4H3. The van der Waals surface area contributed by atoms with Gasteiger partial charge in [0.25, 0.3) is 5.17 Å². The molecule has 1 rings (SSSR count). The van der Waals surface area contributed by atoms with Crippen molar-refractivity contribution in [2.45, 2.75) is 39.8 Å². The summed E-state index contributed by atoms with van der Waals surface area (Å²) < 4.78 is 5.36.